The molecule has 146 valence electrons. The van der Waals surface area contributed by atoms with Gasteiger partial charge in [0.15, 0.2) is 5.78 Å². The van der Waals surface area contributed by atoms with Crippen molar-refractivity contribution in [1.29, 1.82) is 0 Å². The Morgan fingerprint density at radius 3 is 2.79 bits per heavy atom. The number of aromatic nitrogens is 1. The van der Waals surface area contributed by atoms with Gasteiger partial charge < -0.3 is 14.9 Å². The molecule has 29 heavy (non-hydrogen) atoms. The highest BCUT2D eigenvalue weighted by molar-refractivity contribution is 9.10. The lowest BCUT2D eigenvalue weighted by atomic mass is 9.72. The number of benzene rings is 2. The Kier molecular flexibility index (Phi) is 4.32. The van der Waals surface area contributed by atoms with Crippen molar-refractivity contribution in [3.63, 3.8) is 0 Å². The summed E-state index contributed by atoms with van der Waals surface area (Å²) in [4.78, 5) is 13.4. The fourth-order valence-corrected chi connectivity index (χ4v) is 4.96. The van der Waals surface area contributed by atoms with Crippen molar-refractivity contribution in [1.82, 2.24) is 5.16 Å². The number of aromatic hydroxyl groups is 1. The van der Waals surface area contributed by atoms with Gasteiger partial charge in [0.25, 0.3) is 0 Å². The van der Waals surface area contributed by atoms with Crippen LogP contribution in [0.15, 0.2) is 68.8 Å². The van der Waals surface area contributed by atoms with Gasteiger partial charge >= 0.3 is 0 Å². The van der Waals surface area contributed by atoms with Gasteiger partial charge in [-0.1, -0.05) is 51.4 Å². The van der Waals surface area contributed by atoms with E-state index in [0.29, 0.717) is 18.7 Å². The van der Waals surface area contributed by atoms with E-state index in [-0.39, 0.29) is 23.4 Å². The molecule has 0 bridgehead atoms. The van der Waals surface area contributed by atoms with Crippen molar-refractivity contribution in [3.8, 4) is 5.75 Å². The van der Waals surface area contributed by atoms with Crippen molar-refractivity contribution in [3.05, 3.63) is 86.7 Å². The molecule has 2 aliphatic rings. The quantitative estimate of drug-likeness (QED) is 0.545. The molecule has 0 saturated carbocycles. The SMILES string of the molecule is Cc1noc2c1[C@@H](c1cccc(Br)c1)C1=C(C[C@H](c3ccccc3O)CC1=O)N2. The van der Waals surface area contributed by atoms with Crippen LogP contribution < -0.4 is 5.32 Å². The number of hydrogen-bond acceptors (Lipinski definition) is 5. The highest BCUT2D eigenvalue weighted by Gasteiger charge is 2.41. The van der Waals surface area contributed by atoms with Crippen molar-refractivity contribution in [2.45, 2.75) is 31.6 Å². The van der Waals surface area contributed by atoms with Gasteiger partial charge in [-0.05, 0) is 42.7 Å². The fourth-order valence-electron chi connectivity index (χ4n) is 4.54. The van der Waals surface area contributed by atoms with Crippen LogP contribution in [0, 0.1) is 6.92 Å². The number of allylic oxidation sites excluding steroid dienone is 2. The fraction of sp³-hybridized carbons (Fsp3) is 0.217. The van der Waals surface area contributed by atoms with Gasteiger partial charge in [-0.3, -0.25) is 4.79 Å². The number of Topliss-reactive ketones (excluding diaryl/α,β-unsaturated/α-hetero) is 1. The van der Waals surface area contributed by atoms with E-state index in [4.69, 9.17) is 4.52 Å². The van der Waals surface area contributed by atoms with Gasteiger partial charge in [-0.25, -0.2) is 0 Å². The van der Waals surface area contributed by atoms with E-state index < -0.39 is 0 Å². The third-order valence-corrected chi connectivity index (χ3v) is 6.31. The predicted molar refractivity (Wildman–Crippen MR) is 113 cm³/mol. The molecule has 6 heteroatoms. The molecule has 0 fully saturated rings. The number of rotatable bonds is 2. The number of carbonyl (C=O) groups excluding carboxylic acids is 1. The Balaban J connectivity index is 1.64. The monoisotopic (exact) mass is 450 g/mol. The van der Waals surface area contributed by atoms with Crippen LogP contribution in [-0.2, 0) is 4.79 Å². The van der Waals surface area contributed by atoms with E-state index >= 15 is 0 Å². The Morgan fingerprint density at radius 1 is 1.17 bits per heavy atom. The minimum atomic E-state index is -0.220. The second kappa shape index (κ2) is 6.88. The first-order chi connectivity index (χ1) is 14.0. The zero-order valence-corrected chi connectivity index (χ0v) is 17.4. The molecule has 2 atom stereocenters. The van der Waals surface area contributed by atoms with Crippen molar-refractivity contribution in [2.75, 3.05) is 5.32 Å². The highest BCUT2D eigenvalue weighted by Crippen LogP contribution is 2.49. The first-order valence-electron chi connectivity index (χ1n) is 9.55. The van der Waals surface area contributed by atoms with Gasteiger partial charge in [0.2, 0.25) is 5.88 Å². The Labute approximate surface area is 176 Å². The Morgan fingerprint density at radius 2 is 2.00 bits per heavy atom. The number of hydrogen-bond donors (Lipinski definition) is 2. The van der Waals surface area contributed by atoms with Crippen LogP contribution in [0.1, 0.15) is 47.1 Å². The van der Waals surface area contributed by atoms with E-state index in [1.165, 1.54) is 0 Å². The maximum Gasteiger partial charge on any atom is 0.233 e. The number of ketones is 1. The molecule has 0 amide bonds. The van der Waals surface area contributed by atoms with Crippen LogP contribution in [0.4, 0.5) is 5.88 Å². The van der Waals surface area contributed by atoms with Crippen LogP contribution in [0.3, 0.4) is 0 Å². The number of halogens is 1. The molecule has 2 heterocycles. The maximum atomic E-state index is 13.4. The standard InChI is InChI=1S/C23H19BrN2O3/c1-12-20-21(13-5-4-6-15(24)9-13)22-17(25-23(20)29-26-12)10-14(11-19(22)28)16-7-2-3-8-18(16)27/h2-9,14,21,25,27H,10-11H2,1H3/t14-,21+/m0/s1. The van der Waals surface area contributed by atoms with Gasteiger partial charge in [0.1, 0.15) is 5.75 Å². The number of aryl methyl sites for hydroxylation is 1. The number of carbonyl (C=O) groups is 1. The minimum absolute atomic E-state index is 0.0799. The smallest absolute Gasteiger partial charge is 0.233 e. The zero-order valence-electron chi connectivity index (χ0n) is 15.8. The number of phenols is 1. The summed E-state index contributed by atoms with van der Waals surface area (Å²) in [6.07, 6.45) is 0.991. The number of anilines is 1. The molecule has 5 nitrogen and oxygen atoms in total. The molecule has 2 N–H and O–H groups in total. The first-order valence-corrected chi connectivity index (χ1v) is 10.3. The average Bonchev–Trinajstić information content (AvgIpc) is 3.07. The lowest BCUT2D eigenvalue weighted by Crippen LogP contribution is -2.29. The maximum absolute atomic E-state index is 13.4. The topological polar surface area (TPSA) is 75.4 Å². The molecular weight excluding hydrogens is 432 g/mol. The zero-order chi connectivity index (χ0) is 20.1. The average molecular weight is 451 g/mol. The molecular formula is C23H19BrN2O3. The Bertz CT molecular complexity index is 1160. The summed E-state index contributed by atoms with van der Waals surface area (Å²) in [5.74, 6) is 0.608. The molecule has 0 spiro atoms. The Hall–Kier alpha value is -2.86. The molecule has 1 aliphatic carbocycles. The van der Waals surface area contributed by atoms with E-state index in [9.17, 15) is 9.90 Å². The van der Waals surface area contributed by atoms with E-state index in [1.807, 2.05) is 43.3 Å². The summed E-state index contributed by atoms with van der Waals surface area (Å²) in [6.45, 7) is 1.90. The van der Waals surface area contributed by atoms with E-state index in [0.717, 1.165) is 38.1 Å². The molecule has 1 aliphatic heterocycles. The van der Waals surface area contributed by atoms with Crippen molar-refractivity contribution >= 4 is 27.6 Å². The lowest BCUT2D eigenvalue weighted by Gasteiger charge is -2.34. The van der Waals surface area contributed by atoms with Crippen LogP contribution in [0.5, 0.6) is 5.75 Å². The molecule has 1 aromatic heterocycles. The van der Waals surface area contributed by atoms with Crippen LogP contribution >= 0.6 is 15.9 Å². The third kappa shape index (κ3) is 2.99. The second-order valence-corrected chi connectivity index (χ2v) is 8.52. The summed E-state index contributed by atoms with van der Waals surface area (Å²) in [5.41, 5.74) is 5.13. The van der Waals surface area contributed by atoms with Gasteiger partial charge in [0, 0.05) is 34.0 Å². The summed E-state index contributed by atoms with van der Waals surface area (Å²) in [6, 6.07) is 15.3. The minimum Gasteiger partial charge on any atom is -0.508 e. The van der Waals surface area contributed by atoms with Crippen molar-refractivity contribution in [2.24, 2.45) is 0 Å². The highest BCUT2D eigenvalue weighted by atomic mass is 79.9. The second-order valence-electron chi connectivity index (χ2n) is 7.60. The van der Waals surface area contributed by atoms with Crippen molar-refractivity contribution < 1.29 is 14.4 Å². The molecule has 3 aromatic rings. The summed E-state index contributed by atoms with van der Waals surface area (Å²) in [5, 5.41) is 17.7. The van der Waals surface area contributed by atoms with E-state index in [2.05, 4.69) is 26.4 Å². The number of para-hydroxylation sites is 1. The lowest BCUT2D eigenvalue weighted by molar-refractivity contribution is -0.116. The number of phenolic OH excluding ortho intramolecular Hbond substituents is 1. The normalized spacial score (nSPS) is 20.8. The summed E-state index contributed by atoms with van der Waals surface area (Å²) in [7, 11) is 0. The van der Waals surface area contributed by atoms with Crippen LogP contribution in [0.2, 0.25) is 0 Å². The van der Waals surface area contributed by atoms with Gasteiger partial charge in [-0.2, -0.15) is 0 Å². The third-order valence-electron chi connectivity index (χ3n) is 5.82. The molecule has 0 radical (unpaired) electrons. The molecule has 2 aromatic carbocycles. The number of nitrogens with one attached hydrogen (secondary N) is 1. The van der Waals surface area contributed by atoms with Crippen LogP contribution in [0.25, 0.3) is 0 Å². The summed E-state index contributed by atoms with van der Waals surface area (Å²) >= 11 is 3.55. The summed E-state index contributed by atoms with van der Waals surface area (Å²) < 4.78 is 6.51. The first kappa shape index (κ1) is 18.2. The van der Waals surface area contributed by atoms with Gasteiger partial charge in [-0.15, -0.1) is 0 Å². The number of nitrogens with zero attached hydrogens (tertiary/aromatic N) is 1. The molecule has 0 saturated heterocycles. The molecule has 0 unspecified atom stereocenters. The van der Waals surface area contributed by atoms with Gasteiger partial charge in [0.05, 0.1) is 11.3 Å². The largest absolute Gasteiger partial charge is 0.508 e. The predicted octanol–water partition coefficient (Wildman–Crippen LogP) is 5.41. The number of fused-ring (bicyclic) bond motifs is 1. The van der Waals surface area contributed by atoms with Crippen LogP contribution in [-0.4, -0.2) is 16.0 Å². The molecule has 5 rings (SSSR count). The van der Waals surface area contributed by atoms with E-state index in [1.54, 1.807) is 12.1 Å².